The molecule has 1 aliphatic rings. The van der Waals surface area contributed by atoms with Crippen LogP contribution in [0.1, 0.15) is 30.4 Å². The predicted molar refractivity (Wildman–Crippen MR) is 151 cm³/mol. The maximum atomic E-state index is 13.2. The molecule has 0 spiro atoms. The second kappa shape index (κ2) is 14.8. The number of carbonyl (C=O) groups is 1. The van der Waals surface area contributed by atoms with Gasteiger partial charge in [-0.15, -0.1) is 24.8 Å². The number of hydrogen-bond donors (Lipinski definition) is 1. The molecule has 7 heteroatoms. The number of halogens is 3. The van der Waals surface area contributed by atoms with E-state index in [0.29, 0.717) is 6.54 Å². The highest BCUT2D eigenvalue weighted by molar-refractivity contribution is 5.85. The summed E-state index contributed by atoms with van der Waals surface area (Å²) in [4.78, 5) is 16.1. The molecule has 36 heavy (non-hydrogen) atoms. The van der Waals surface area contributed by atoms with Crippen molar-refractivity contribution in [3.63, 3.8) is 0 Å². The Kier molecular flexibility index (Phi) is 12.2. The van der Waals surface area contributed by atoms with E-state index in [-0.39, 0.29) is 36.0 Å². The summed E-state index contributed by atoms with van der Waals surface area (Å²) in [5, 5.41) is 2.98. The highest BCUT2D eigenvalue weighted by Crippen LogP contribution is 2.37. The molecule has 0 saturated carbocycles. The lowest BCUT2D eigenvalue weighted by Crippen LogP contribution is -2.46. The van der Waals surface area contributed by atoms with Crippen molar-refractivity contribution < 1.29 is 9.18 Å². The molecular weight excluding hydrogens is 496 g/mol. The maximum absolute atomic E-state index is 13.2. The molecule has 0 bridgehead atoms. The number of hydrogen-bond acceptors (Lipinski definition) is 3. The van der Waals surface area contributed by atoms with Gasteiger partial charge in [-0.05, 0) is 54.8 Å². The van der Waals surface area contributed by atoms with Crippen molar-refractivity contribution in [2.24, 2.45) is 0 Å². The van der Waals surface area contributed by atoms with E-state index in [4.69, 9.17) is 0 Å². The molecule has 1 N–H and O–H groups in total. The molecule has 194 valence electrons. The zero-order valence-electron chi connectivity index (χ0n) is 20.5. The quantitative estimate of drug-likeness (QED) is 0.255. The van der Waals surface area contributed by atoms with E-state index >= 15 is 0 Å². The predicted octanol–water partition coefficient (Wildman–Crippen LogP) is 5.69. The third-order valence-corrected chi connectivity index (χ3v) is 7.03. The van der Waals surface area contributed by atoms with Crippen LogP contribution in [0.2, 0.25) is 0 Å². The third-order valence-electron chi connectivity index (χ3n) is 7.03. The molecule has 4 nitrogen and oxygen atoms in total. The normalized spacial score (nSPS) is 13.9. The molecule has 1 saturated heterocycles. The lowest BCUT2D eigenvalue weighted by molar-refractivity contribution is -0.109. The lowest BCUT2D eigenvalue weighted by atomic mass is 9.71. The van der Waals surface area contributed by atoms with Crippen LogP contribution in [0.25, 0.3) is 0 Å². The smallest absolute Gasteiger partial charge is 0.207 e. The van der Waals surface area contributed by atoms with Crippen LogP contribution in [-0.2, 0) is 10.2 Å². The molecule has 1 aliphatic heterocycles. The van der Waals surface area contributed by atoms with E-state index < -0.39 is 0 Å². The van der Waals surface area contributed by atoms with Crippen molar-refractivity contribution >= 4 is 36.9 Å². The summed E-state index contributed by atoms with van der Waals surface area (Å²) in [7, 11) is 0. The molecule has 1 amide bonds. The Morgan fingerprint density at radius 1 is 0.778 bits per heavy atom. The molecule has 0 aromatic heterocycles. The first-order chi connectivity index (χ1) is 16.7. The fourth-order valence-corrected chi connectivity index (χ4v) is 5.12. The van der Waals surface area contributed by atoms with E-state index in [2.05, 4.69) is 63.6 Å². The van der Waals surface area contributed by atoms with Gasteiger partial charge in [-0.25, -0.2) is 4.39 Å². The summed E-state index contributed by atoms with van der Waals surface area (Å²) >= 11 is 0. The SMILES string of the molecule is Cl.Cl.O=CNCC(CCCCN1CCN(c2ccc(F)cc2)CC1)(c1ccccc1)c1ccccc1. The number of amides is 1. The lowest BCUT2D eigenvalue weighted by Gasteiger charge is -2.37. The number of carbonyl (C=O) groups excluding carboxylic acids is 1. The molecular formula is C29H36Cl2FN3O. The fourth-order valence-electron chi connectivity index (χ4n) is 5.12. The Bertz CT molecular complexity index is 974. The molecule has 0 atom stereocenters. The van der Waals surface area contributed by atoms with Gasteiger partial charge in [-0.2, -0.15) is 0 Å². The van der Waals surface area contributed by atoms with Gasteiger partial charge in [0.25, 0.3) is 0 Å². The molecule has 4 rings (SSSR count). The van der Waals surface area contributed by atoms with E-state index in [1.165, 1.54) is 23.3 Å². The zero-order valence-corrected chi connectivity index (χ0v) is 22.2. The van der Waals surface area contributed by atoms with Crippen molar-refractivity contribution in [1.82, 2.24) is 10.2 Å². The van der Waals surface area contributed by atoms with E-state index in [1.54, 1.807) is 0 Å². The van der Waals surface area contributed by atoms with E-state index in [0.717, 1.165) is 64.1 Å². The maximum Gasteiger partial charge on any atom is 0.207 e. The Morgan fingerprint density at radius 2 is 1.33 bits per heavy atom. The number of piperazine rings is 1. The average Bonchev–Trinajstić information content (AvgIpc) is 2.90. The minimum absolute atomic E-state index is 0. The number of rotatable bonds is 11. The number of nitrogens with zero attached hydrogens (tertiary/aromatic N) is 2. The topological polar surface area (TPSA) is 35.6 Å². The van der Waals surface area contributed by atoms with Gasteiger partial charge in [0, 0.05) is 43.8 Å². The Labute approximate surface area is 226 Å². The largest absolute Gasteiger partial charge is 0.369 e. The molecule has 3 aromatic carbocycles. The van der Waals surface area contributed by atoms with E-state index in [1.807, 2.05) is 24.3 Å². The van der Waals surface area contributed by atoms with Crippen molar-refractivity contribution in [2.75, 3.05) is 44.2 Å². The zero-order chi connectivity index (χ0) is 23.6. The van der Waals surface area contributed by atoms with Crippen LogP contribution >= 0.6 is 24.8 Å². The van der Waals surface area contributed by atoms with Crippen molar-refractivity contribution in [3.05, 3.63) is 102 Å². The molecule has 0 aliphatic carbocycles. The van der Waals surface area contributed by atoms with Crippen LogP contribution in [-0.4, -0.2) is 50.6 Å². The van der Waals surface area contributed by atoms with Gasteiger partial charge in [0.1, 0.15) is 5.82 Å². The van der Waals surface area contributed by atoms with Gasteiger partial charge in [-0.3, -0.25) is 9.69 Å². The first-order valence-electron chi connectivity index (χ1n) is 12.2. The fraction of sp³-hybridized carbons (Fsp3) is 0.345. The minimum Gasteiger partial charge on any atom is -0.369 e. The van der Waals surface area contributed by atoms with Crippen molar-refractivity contribution in [3.8, 4) is 0 Å². The summed E-state index contributed by atoms with van der Waals surface area (Å²) in [6.45, 7) is 5.62. The molecule has 3 aromatic rings. The minimum atomic E-state index is -0.245. The van der Waals surface area contributed by atoms with E-state index in [9.17, 15) is 9.18 Å². The van der Waals surface area contributed by atoms with Crippen LogP contribution in [0, 0.1) is 5.82 Å². The van der Waals surface area contributed by atoms with Crippen LogP contribution in [0.3, 0.4) is 0 Å². The molecule has 1 fully saturated rings. The van der Waals surface area contributed by atoms with Crippen LogP contribution in [0.15, 0.2) is 84.9 Å². The number of unbranched alkanes of at least 4 members (excludes halogenated alkanes) is 1. The Balaban J connectivity index is 0.00000228. The van der Waals surface area contributed by atoms with Gasteiger partial charge in [0.2, 0.25) is 6.41 Å². The Hall–Kier alpha value is -2.60. The van der Waals surface area contributed by atoms with Crippen LogP contribution < -0.4 is 10.2 Å². The van der Waals surface area contributed by atoms with Gasteiger partial charge in [0.15, 0.2) is 0 Å². The second-order valence-corrected chi connectivity index (χ2v) is 9.08. The summed E-state index contributed by atoms with van der Waals surface area (Å²) in [6, 6.07) is 27.9. The van der Waals surface area contributed by atoms with Crippen LogP contribution in [0.4, 0.5) is 10.1 Å². The number of anilines is 1. The Morgan fingerprint density at radius 3 is 1.86 bits per heavy atom. The monoisotopic (exact) mass is 531 g/mol. The summed E-state index contributed by atoms with van der Waals surface area (Å²) in [6.07, 6.45) is 3.96. The summed E-state index contributed by atoms with van der Waals surface area (Å²) < 4.78 is 13.2. The highest BCUT2D eigenvalue weighted by atomic mass is 35.5. The molecule has 0 radical (unpaired) electrons. The van der Waals surface area contributed by atoms with Gasteiger partial charge in [-0.1, -0.05) is 67.1 Å². The first kappa shape index (κ1) is 29.6. The number of nitrogens with one attached hydrogen (secondary N) is 1. The number of benzene rings is 3. The summed E-state index contributed by atoms with van der Waals surface area (Å²) in [5.41, 5.74) is 3.33. The van der Waals surface area contributed by atoms with Crippen molar-refractivity contribution in [1.29, 1.82) is 0 Å². The molecule has 1 heterocycles. The third kappa shape index (κ3) is 7.45. The second-order valence-electron chi connectivity index (χ2n) is 9.08. The van der Waals surface area contributed by atoms with Crippen LogP contribution in [0.5, 0.6) is 0 Å². The average molecular weight is 533 g/mol. The van der Waals surface area contributed by atoms with Crippen molar-refractivity contribution in [2.45, 2.75) is 24.7 Å². The summed E-state index contributed by atoms with van der Waals surface area (Å²) in [5.74, 6) is -0.187. The van der Waals surface area contributed by atoms with Gasteiger partial charge in [0.05, 0.1) is 0 Å². The molecule has 0 unspecified atom stereocenters. The van der Waals surface area contributed by atoms with Gasteiger partial charge < -0.3 is 10.2 Å². The standard InChI is InChI=1S/C29H34FN3O.2ClH/c30-27-13-15-28(16-14-27)33-21-19-32(20-22-33)18-8-7-17-29(23-31-24-34,25-9-3-1-4-10-25)26-11-5-2-6-12-26;;/h1-6,9-16,24H,7-8,17-23H2,(H,31,34);2*1H. The highest BCUT2D eigenvalue weighted by Gasteiger charge is 2.33. The first-order valence-corrected chi connectivity index (χ1v) is 12.2. The van der Waals surface area contributed by atoms with Gasteiger partial charge >= 0.3 is 0 Å².